The Kier molecular flexibility index (Phi) is 16.3. The van der Waals surface area contributed by atoms with Gasteiger partial charge in [-0.1, -0.05) is 26.7 Å². The van der Waals surface area contributed by atoms with Crippen molar-refractivity contribution >= 4 is 11.9 Å². The molecule has 0 radical (unpaired) electrons. The summed E-state index contributed by atoms with van der Waals surface area (Å²) < 4.78 is 4.65. The fourth-order valence-electron chi connectivity index (χ4n) is 2.81. The molecule has 0 fully saturated rings. The van der Waals surface area contributed by atoms with Crippen molar-refractivity contribution in [2.75, 3.05) is 39.8 Å². The van der Waals surface area contributed by atoms with Gasteiger partial charge in [-0.3, -0.25) is 9.79 Å². The molecule has 2 N–H and O–H groups in total. The van der Waals surface area contributed by atoms with Crippen molar-refractivity contribution in [2.45, 2.75) is 78.7 Å². The third-order valence-electron chi connectivity index (χ3n) is 4.52. The molecule has 1 atom stereocenters. The molecule has 0 rings (SSSR count). The Morgan fingerprint density at radius 3 is 2.38 bits per heavy atom. The number of unbranched alkanes of at least 4 members (excludes halogenated alkanes) is 3. The van der Waals surface area contributed by atoms with Crippen molar-refractivity contribution in [1.82, 2.24) is 15.5 Å². The van der Waals surface area contributed by atoms with Gasteiger partial charge < -0.3 is 20.3 Å². The van der Waals surface area contributed by atoms with Crippen LogP contribution >= 0.6 is 0 Å². The van der Waals surface area contributed by atoms with Gasteiger partial charge in [-0.2, -0.15) is 0 Å². The van der Waals surface area contributed by atoms with Gasteiger partial charge >= 0.3 is 5.97 Å². The van der Waals surface area contributed by atoms with E-state index < -0.39 is 0 Å². The highest BCUT2D eigenvalue weighted by Gasteiger charge is 2.06. The molecule has 0 saturated carbocycles. The van der Waals surface area contributed by atoms with Gasteiger partial charge in [0.1, 0.15) is 0 Å². The molecule has 0 aromatic carbocycles. The van der Waals surface area contributed by atoms with Crippen LogP contribution < -0.4 is 10.6 Å². The van der Waals surface area contributed by atoms with Gasteiger partial charge in [0.05, 0.1) is 7.11 Å². The summed E-state index contributed by atoms with van der Waals surface area (Å²) >= 11 is 0. The third-order valence-corrected chi connectivity index (χ3v) is 4.52. The summed E-state index contributed by atoms with van der Waals surface area (Å²) in [5.74, 6) is 0.800. The monoisotopic (exact) mass is 370 g/mol. The molecule has 0 aromatic heterocycles. The van der Waals surface area contributed by atoms with Crippen LogP contribution in [0.4, 0.5) is 0 Å². The number of hydrogen-bond donors (Lipinski definition) is 2. The molecule has 0 aliphatic rings. The quantitative estimate of drug-likeness (QED) is 0.201. The van der Waals surface area contributed by atoms with Crippen LogP contribution in [0.5, 0.6) is 0 Å². The van der Waals surface area contributed by atoms with Gasteiger partial charge in [0, 0.05) is 25.6 Å². The molecule has 0 aromatic rings. The van der Waals surface area contributed by atoms with Crippen LogP contribution in [0.25, 0.3) is 0 Å². The summed E-state index contributed by atoms with van der Waals surface area (Å²) in [5, 5.41) is 6.84. The zero-order valence-electron chi connectivity index (χ0n) is 17.8. The van der Waals surface area contributed by atoms with E-state index >= 15 is 0 Å². The van der Waals surface area contributed by atoms with Gasteiger partial charge in [0.15, 0.2) is 5.96 Å². The number of carbonyl (C=O) groups is 1. The van der Waals surface area contributed by atoms with Crippen molar-refractivity contribution in [3.05, 3.63) is 0 Å². The molecule has 0 heterocycles. The zero-order chi connectivity index (χ0) is 19.6. The first-order chi connectivity index (χ1) is 12.6. The highest BCUT2D eigenvalue weighted by atomic mass is 16.5. The maximum Gasteiger partial charge on any atom is 0.305 e. The average molecular weight is 371 g/mol. The zero-order valence-corrected chi connectivity index (χ0v) is 17.8. The molecule has 1 unspecified atom stereocenters. The normalized spacial score (nSPS) is 12.9. The molecule has 0 aliphatic heterocycles. The Morgan fingerprint density at radius 2 is 1.77 bits per heavy atom. The molecular formula is C20H42N4O2. The largest absolute Gasteiger partial charge is 0.469 e. The van der Waals surface area contributed by atoms with E-state index in [9.17, 15) is 4.79 Å². The Morgan fingerprint density at radius 1 is 1.08 bits per heavy atom. The molecule has 0 amide bonds. The summed E-state index contributed by atoms with van der Waals surface area (Å²) in [6, 6.07) is 0.420. The number of guanidine groups is 1. The second-order valence-corrected chi connectivity index (χ2v) is 6.72. The van der Waals surface area contributed by atoms with E-state index in [4.69, 9.17) is 0 Å². The van der Waals surface area contributed by atoms with Crippen molar-refractivity contribution in [3.8, 4) is 0 Å². The summed E-state index contributed by atoms with van der Waals surface area (Å²) in [7, 11) is 1.44. The molecule has 0 aliphatic carbocycles. The van der Waals surface area contributed by atoms with Gasteiger partial charge in [-0.15, -0.1) is 0 Å². The molecule has 0 saturated heterocycles. The van der Waals surface area contributed by atoms with E-state index in [1.165, 1.54) is 13.5 Å². The van der Waals surface area contributed by atoms with E-state index in [0.717, 1.165) is 70.8 Å². The second kappa shape index (κ2) is 17.1. The predicted molar refractivity (Wildman–Crippen MR) is 111 cm³/mol. The second-order valence-electron chi connectivity index (χ2n) is 6.72. The SMILES string of the molecule is CCNC(=NCCCCCCC(=O)OC)NC(C)CCCN(CC)CC. The first-order valence-corrected chi connectivity index (χ1v) is 10.4. The lowest BCUT2D eigenvalue weighted by Crippen LogP contribution is -2.42. The fraction of sp³-hybridized carbons (Fsp3) is 0.900. The van der Waals surface area contributed by atoms with Crippen LogP contribution in [-0.2, 0) is 9.53 Å². The Balaban J connectivity index is 3.98. The van der Waals surface area contributed by atoms with E-state index in [1.807, 2.05) is 0 Å². The summed E-state index contributed by atoms with van der Waals surface area (Å²) in [4.78, 5) is 18.2. The van der Waals surface area contributed by atoms with E-state index in [0.29, 0.717) is 12.5 Å². The number of rotatable bonds is 15. The van der Waals surface area contributed by atoms with Gasteiger partial charge in [-0.05, 0) is 59.2 Å². The van der Waals surface area contributed by atoms with Crippen LogP contribution in [-0.4, -0.2) is 62.7 Å². The van der Waals surface area contributed by atoms with E-state index in [2.05, 4.69) is 53.0 Å². The van der Waals surface area contributed by atoms with Gasteiger partial charge in [0.25, 0.3) is 0 Å². The molecular weight excluding hydrogens is 328 g/mol. The number of methoxy groups -OCH3 is 1. The van der Waals surface area contributed by atoms with Gasteiger partial charge in [-0.25, -0.2) is 0 Å². The highest BCUT2D eigenvalue weighted by Crippen LogP contribution is 2.04. The minimum Gasteiger partial charge on any atom is -0.469 e. The number of nitrogens with one attached hydrogen (secondary N) is 2. The van der Waals surface area contributed by atoms with Crippen LogP contribution in [0.1, 0.15) is 72.6 Å². The highest BCUT2D eigenvalue weighted by molar-refractivity contribution is 5.80. The first kappa shape index (κ1) is 24.7. The molecule has 6 heteroatoms. The molecule has 6 nitrogen and oxygen atoms in total. The standard InChI is InChI=1S/C20H42N4O2/c1-6-21-20(22-16-12-10-9-11-15-19(25)26-5)23-18(4)14-13-17-24(7-2)8-3/h18H,6-17H2,1-5H3,(H2,21,22,23). The van der Waals surface area contributed by atoms with Crippen molar-refractivity contribution < 1.29 is 9.53 Å². The first-order valence-electron chi connectivity index (χ1n) is 10.4. The fourth-order valence-corrected chi connectivity index (χ4v) is 2.81. The number of aliphatic imine (C=N–C) groups is 1. The average Bonchev–Trinajstić information content (AvgIpc) is 2.64. The lowest BCUT2D eigenvalue weighted by molar-refractivity contribution is -0.140. The number of nitrogens with zero attached hydrogens (tertiary/aromatic N) is 2. The smallest absolute Gasteiger partial charge is 0.305 e. The van der Waals surface area contributed by atoms with Crippen molar-refractivity contribution in [2.24, 2.45) is 4.99 Å². The Bertz CT molecular complexity index is 371. The van der Waals surface area contributed by atoms with Crippen LogP contribution in [0, 0.1) is 0 Å². The lowest BCUT2D eigenvalue weighted by Gasteiger charge is -2.21. The van der Waals surface area contributed by atoms with E-state index in [-0.39, 0.29) is 5.97 Å². The Hall–Kier alpha value is -1.30. The summed E-state index contributed by atoms with van der Waals surface area (Å²) in [5.41, 5.74) is 0. The minimum atomic E-state index is -0.114. The number of carbonyl (C=O) groups excluding carboxylic acids is 1. The van der Waals surface area contributed by atoms with Crippen molar-refractivity contribution in [3.63, 3.8) is 0 Å². The topological polar surface area (TPSA) is 66.0 Å². The molecule has 0 spiro atoms. The number of hydrogen-bond acceptors (Lipinski definition) is 4. The predicted octanol–water partition coefficient (Wildman–Crippen LogP) is 3.18. The van der Waals surface area contributed by atoms with Crippen molar-refractivity contribution in [1.29, 1.82) is 0 Å². The summed E-state index contributed by atoms with van der Waals surface area (Å²) in [6.45, 7) is 13.9. The minimum absolute atomic E-state index is 0.114. The van der Waals surface area contributed by atoms with E-state index in [1.54, 1.807) is 0 Å². The van der Waals surface area contributed by atoms with Crippen LogP contribution in [0.3, 0.4) is 0 Å². The molecule has 0 bridgehead atoms. The number of esters is 1. The molecule has 154 valence electrons. The number of ether oxygens (including phenoxy) is 1. The maximum atomic E-state index is 11.0. The Labute approximate surface area is 161 Å². The lowest BCUT2D eigenvalue weighted by atomic mass is 10.1. The van der Waals surface area contributed by atoms with Crippen LogP contribution in [0.15, 0.2) is 4.99 Å². The summed E-state index contributed by atoms with van der Waals surface area (Å²) in [6.07, 6.45) is 6.97. The maximum absolute atomic E-state index is 11.0. The van der Waals surface area contributed by atoms with Crippen LogP contribution in [0.2, 0.25) is 0 Å². The van der Waals surface area contributed by atoms with Gasteiger partial charge in [0.2, 0.25) is 0 Å². The third kappa shape index (κ3) is 13.9. The molecule has 26 heavy (non-hydrogen) atoms.